The third-order valence-electron chi connectivity index (χ3n) is 27.9. The van der Waals surface area contributed by atoms with Gasteiger partial charge in [-0.1, -0.05) is 203 Å². The summed E-state index contributed by atoms with van der Waals surface area (Å²) in [5.74, 6) is 4.80. The normalized spacial score (nSPS) is 37.1. The predicted octanol–water partition coefficient (Wildman–Crippen LogP) is 19.2. The van der Waals surface area contributed by atoms with Gasteiger partial charge in [-0.2, -0.15) is 0 Å². The Labute approximate surface area is 599 Å². The zero-order chi connectivity index (χ0) is 70.0. The van der Waals surface area contributed by atoms with Crippen LogP contribution in [-0.2, 0) is 64.3 Å². The average molecular weight is 1370 g/mol. The molecule has 4 saturated heterocycles. The Hall–Kier alpha value is -7.16. The summed E-state index contributed by atoms with van der Waals surface area (Å²) in [6.07, 6.45) is 20.4. The molecule has 14 nitrogen and oxygen atoms in total. The van der Waals surface area contributed by atoms with Crippen LogP contribution in [0.15, 0.2) is 167 Å². The van der Waals surface area contributed by atoms with E-state index in [1.54, 1.807) is 11.1 Å². The molecular weight excluding hydrogens is 1260 g/mol. The number of rotatable bonds is 10. The molecule has 0 unspecified atom stereocenters. The molecule has 0 aromatic heterocycles. The van der Waals surface area contributed by atoms with Gasteiger partial charge in [0.15, 0.2) is 0 Å². The summed E-state index contributed by atoms with van der Waals surface area (Å²) >= 11 is 0. The van der Waals surface area contributed by atoms with E-state index in [2.05, 4.69) is 67.5 Å². The van der Waals surface area contributed by atoms with Gasteiger partial charge in [0.2, 0.25) is 0 Å². The van der Waals surface area contributed by atoms with E-state index in [4.69, 9.17) is 37.9 Å². The third kappa shape index (κ3) is 13.3. The van der Waals surface area contributed by atoms with Crippen LogP contribution in [0.4, 0.5) is 19.2 Å². The monoisotopic (exact) mass is 1370 g/mol. The molecule has 2 amide bonds. The quantitative estimate of drug-likeness (QED) is 0.0845. The van der Waals surface area contributed by atoms with Gasteiger partial charge in [-0.25, -0.2) is 19.2 Å². The lowest BCUT2D eigenvalue weighted by Gasteiger charge is -2.49. The van der Waals surface area contributed by atoms with Crippen LogP contribution in [-0.4, -0.2) is 95.1 Å². The van der Waals surface area contributed by atoms with Crippen molar-refractivity contribution in [1.82, 2.24) is 9.80 Å². The van der Waals surface area contributed by atoms with E-state index in [9.17, 15) is 19.2 Å². The van der Waals surface area contributed by atoms with Gasteiger partial charge in [-0.3, -0.25) is 0 Å². The molecule has 12 aliphatic rings. The number of likely N-dealkylation sites (tertiary alicyclic amines) is 2. The molecule has 2 spiro atoms. The zero-order valence-electron chi connectivity index (χ0n) is 61.0. The van der Waals surface area contributed by atoms with Crippen LogP contribution in [0.5, 0.6) is 0 Å². The van der Waals surface area contributed by atoms with Gasteiger partial charge in [0.05, 0.1) is 35.5 Å². The van der Waals surface area contributed by atoms with Gasteiger partial charge >= 0.3 is 24.5 Å². The Morgan fingerprint density at radius 1 is 0.485 bits per heavy atom. The molecular formula is C87H108N2O12. The van der Waals surface area contributed by atoms with E-state index in [-0.39, 0.29) is 102 Å². The zero-order valence-corrected chi connectivity index (χ0v) is 61.0. The Bertz CT molecular complexity index is 3820. The van der Waals surface area contributed by atoms with Gasteiger partial charge in [0, 0.05) is 37.8 Å². The third-order valence-corrected chi connectivity index (χ3v) is 27.9. The summed E-state index contributed by atoms with van der Waals surface area (Å²) < 4.78 is 48.9. The van der Waals surface area contributed by atoms with E-state index in [1.807, 2.05) is 131 Å². The highest BCUT2D eigenvalue weighted by Crippen LogP contribution is 2.67. The molecule has 101 heavy (non-hydrogen) atoms. The van der Waals surface area contributed by atoms with Crippen molar-refractivity contribution >= 4 is 24.5 Å². The van der Waals surface area contributed by atoms with Crippen molar-refractivity contribution in [1.29, 1.82) is 0 Å². The van der Waals surface area contributed by atoms with E-state index in [0.29, 0.717) is 60.5 Å². The number of fused-ring (bicyclic) bond motifs is 12. The largest absolute Gasteiger partial charge is 0.508 e. The number of piperidine rings is 2. The summed E-state index contributed by atoms with van der Waals surface area (Å²) in [4.78, 5) is 56.5. The Kier molecular flexibility index (Phi) is 19.6. The number of benzene rings is 4. The van der Waals surface area contributed by atoms with Crippen molar-refractivity contribution in [2.75, 3.05) is 13.1 Å². The molecule has 8 aliphatic carbocycles. The van der Waals surface area contributed by atoms with Crippen molar-refractivity contribution in [3.05, 3.63) is 189 Å². The molecule has 4 heterocycles. The van der Waals surface area contributed by atoms with Crippen LogP contribution >= 0.6 is 0 Å². The lowest BCUT2D eigenvalue weighted by atomic mass is 9.56. The van der Waals surface area contributed by atoms with Crippen molar-refractivity contribution in [3.63, 3.8) is 0 Å². The lowest BCUT2D eigenvalue weighted by molar-refractivity contribution is -0.0784. The highest BCUT2D eigenvalue weighted by molar-refractivity contribution is 5.69. The van der Waals surface area contributed by atoms with Crippen molar-refractivity contribution in [2.24, 2.45) is 70.0 Å². The van der Waals surface area contributed by atoms with Crippen LogP contribution in [0, 0.1) is 70.0 Å². The summed E-state index contributed by atoms with van der Waals surface area (Å²) in [6, 6.07) is 39.5. The average Bonchev–Trinajstić information content (AvgIpc) is 1.57. The lowest BCUT2D eigenvalue weighted by Crippen LogP contribution is -2.54. The summed E-state index contributed by atoms with van der Waals surface area (Å²) in [6.45, 7) is 21.3. The second kappa shape index (κ2) is 28.5. The molecule has 4 saturated carbocycles. The second-order valence-electron chi connectivity index (χ2n) is 33.5. The second-order valence-corrected chi connectivity index (χ2v) is 33.5. The number of hydrogen-bond donors (Lipinski definition) is 0. The van der Waals surface area contributed by atoms with E-state index < -0.39 is 12.3 Å². The fourth-order valence-corrected chi connectivity index (χ4v) is 22.7. The summed E-state index contributed by atoms with van der Waals surface area (Å²) in [7, 11) is 0. The maximum absolute atomic E-state index is 13.6. The minimum Gasteiger partial charge on any atom is -0.445 e. The van der Waals surface area contributed by atoms with Gasteiger partial charge in [-0.15, -0.1) is 0 Å². The number of carbonyl (C=O) groups excluding carboxylic acids is 4. The molecule has 4 aromatic rings. The number of amides is 2. The Morgan fingerprint density at radius 3 is 1.38 bits per heavy atom. The molecule has 14 heteroatoms. The SMILES string of the molecule is CC1=C2C[C@H]3[C@@H](CC=C4C[C@@H](OC(=O)OCc5ccccc5)CC[C@@]43C)[C@@H]2CC[C@@]2(C1)O[C@@H]1C[C@H](C)CN(C(=O)OCc3ccccc3)[C@H]1[C@H]2C.CC1=C2C[C@H]3[C@@H](CC=C4C[C@@H](OC(=O)OCc5ccccc5)CC[C@@]43C)[C@@H]2CC[C@]12O[C@@H]1C[C@H](C)CN(C(=O)OCc3ccccc3)[C@H]1[C@H]2C. The Morgan fingerprint density at radius 2 is 0.901 bits per heavy atom. The van der Waals surface area contributed by atoms with Gasteiger partial charge < -0.3 is 47.7 Å². The highest BCUT2D eigenvalue weighted by atomic mass is 16.7. The van der Waals surface area contributed by atoms with Gasteiger partial charge in [0.25, 0.3) is 0 Å². The molecule has 8 fully saturated rings. The number of ether oxygens (including phenoxy) is 8. The van der Waals surface area contributed by atoms with E-state index in [1.165, 1.54) is 22.3 Å². The fraction of sp³-hybridized carbons (Fsp3) is 0.586. The number of nitrogens with zero attached hydrogens (tertiary/aromatic N) is 2. The maximum Gasteiger partial charge on any atom is 0.508 e. The van der Waals surface area contributed by atoms with Crippen LogP contribution in [0.25, 0.3) is 0 Å². The molecule has 20 atom stereocenters. The summed E-state index contributed by atoms with van der Waals surface area (Å²) in [5.41, 5.74) is 12.8. The molecule has 538 valence electrons. The molecule has 0 N–H and O–H groups in total. The van der Waals surface area contributed by atoms with Crippen molar-refractivity contribution < 1.29 is 57.1 Å². The first kappa shape index (κ1) is 69.6. The minimum atomic E-state index is -0.571. The van der Waals surface area contributed by atoms with Crippen LogP contribution < -0.4 is 0 Å². The first-order valence-corrected chi connectivity index (χ1v) is 38.6. The topological polar surface area (TPSA) is 149 Å². The first-order valence-electron chi connectivity index (χ1n) is 38.6. The van der Waals surface area contributed by atoms with Crippen molar-refractivity contribution in [3.8, 4) is 0 Å². The standard InChI is InChI=1S/C44H55NO6.C43H53NO6/c1-28-21-39-40(45(25-28)41(46)48-26-31-11-7-5-8-12-31)30(3)44(51-39)20-18-35-36-16-15-33-22-34(50-42(47)49-27-32-13-9-6-10-14-32)17-19-43(33,4)38(36)23-37(35)29(2)24-44;1-27-21-38-39(44(24-27)40(45)47-25-30-11-7-5-8-12-30)29(3)43(50-38)20-18-34-35-16-15-32-22-33(49-41(46)48-26-31-13-9-6-10-14-31)17-19-42(32,4)37(35)23-36(34)28(43)2/h5-15,28,30,34-36,38-40H,16-27H2,1-4H3;5-15,27,29,33-35,37-39H,16-26H2,1-4H3/t28-,30+,34-,35-,36-,38-,39+,40-,43-,44-;27-,29+,33-,34-,35-,37-,38+,39-,42-,43-/m00/s1. The number of carbonyl (C=O) groups is 4. The molecule has 4 aromatic carbocycles. The van der Waals surface area contributed by atoms with Crippen molar-refractivity contribution in [2.45, 2.75) is 239 Å². The Balaban J connectivity index is 0.000000164. The number of allylic oxidation sites excluding steroid dienone is 4. The van der Waals surface area contributed by atoms with Gasteiger partial charge in [0.1, 0.15) is 38.6 Å². The molecule has 0 radical (unpaired) electrons. The minimum absolute atomic E-state index is 0.0192. The number of hydrogen-bond acceptors (Lipinski definition) is 12. The maximum atomic E-state index is 13.6. The molecule has 4 aliphatic heterocycles. The fourth-order valence-electron chi connectivity index (χ4n) is 22.7. The molecule has 0 bridgehead atoms. The highest BCUT2D eigenvalue weighted by Gasteiger charge is 2.64. The molecule has 16 rings (SSSR count). The first-order chi connectivity index (χ1) is 48.8. The van der Waals surface area contributed by atoms with E-state index >= 15 is 0 Å². The van der Waals surface area contributed by atoms with E-state index in [0.717, 1.165) is 138 Å². The smallest absolute Gasteiger partial charge is 0.445 e. The van der Waals surface area contributed by atoms with Crippen LogP contribution in [0.3, 0.4) is 0 Å². The van der Waals surface area contributed by atoms with Crippen LogP contribution in [0.1, 0.15) is 187 Å². The summed E-state index contributed by atoms with van der Waals surface area (Å²) in [5, 5.41) is 0. The predicted molar refractivity (Wildman–Crippen MR) is 386 cm³/mol. The van der Waals surface area contributed by atoms with Gasteiger partial charge in [-0.05, 0) is 196 Å². The van der Waals surface area contributed by atoms with Crippen LogP contribution in [0.2, 0.25) is 0 Å².